The third kappa shape index (κ3) is 4.60. The minimum absolute atomic E-state index is 0.323. The van der Waals surface area contributed by atoms with Crippen molar-refractivity contribution in [2.45, 2.75) is 65.8 Å². The van der Waals surface area contributed by atoms with Crippen molar-refractivity contribution in [2.24, 2.45) is 5.41 Å². The lowest BCUT2D eigenvalue weighted by Gasteiger charge is -2.32. The zero-order chi connectivity index (χ0) is 14.1. The largest absolute Gasteiger partial charge is 0.319 e. The molecule has 1 N–H and O–H groups in total. The topological polar surface area (TPSA) is 42.7 Å². The minimum Gasteiger partial charge on any atom is -0.319 e. The van der Waals surface area contributed by atoms with Crippen LogP contribution in [0.15, 0.2) is 6.33 Å². The summed E-state index contributed by atoms with van der Waals surface area (Å²) in [5, 5.41) is 7.72. The van der Waals surface area contributed by atoms with E-state index in [1.54, 1.807) is 6.33 Å². The van der Waals surface area contributed by atoms with Crippen LogP contribution in [0, 0.1) is 5.41 Å². The Morgan fingerprint density at radius 1 is 1.26 bits per heavy atom. The van der Waals surface area contributed by atoms with Gasteiger partial charge in [-0.1, -0.05) is 33.6 Å². The number of hydrogen-bond acceptors (Lipinski definition) is 3. The average molecular weight is 266 g/mol. The third-order valence-electron chi connectivity index (χ3n) is 4.03. The molecule has 110 valence electrons. The van der Waals surface area contributed by atoms with Crippen LogP contribution in [-0.2, 0) is 13.0 Å². The van der Waals surface area contributed by atoms with Gasteiger partial charge in [0.15, 0.2) is 0 Å². The minimum atomic E-state index is 0.323. The number of aromatic nitrogens is 3. The van der Waals surface area contributed by atoms with Crippen molar-refractivity contribution in [3.05, 3.63) is 12.2 Å². The van der Waals surface area contributed by atoms with Gasteiger partial charge in [0.1, 0.15) is 12.2 Å². The Labute approximate surface area is 118 Å². The highest BCUT2D eigenvalue weighted by Gasteiger charge is 2.29. The summed E-state index contributed by atoms with van der Waals surface area (Å²) in [5.74, 6) is 1.15. The highest BCUT2D eigenvalue weighted by atomic mass is 15.3. The second kappa shape index (κ2) is 8.31. The molecule has 0 aromatic carbocycles. The van der Waals surface area contributed by atoms with E-state index in [1.165, 1.54) is 25.7 Å². The summed E-state index contributed by atoms with van der Waals surface area (Å²) < 4.78 is 2.08. The Morgan fingerprint density at radius 2 is 2.05 bits per heavy atom. The summed E-state index contributed by atoms with van der Waals surface area (Å²) in [7, 11) is 2.05. The van der Waals surface area contributed by atoms with Gasteiger partial charge in [-0.2, -0.15) is 5.10 Å². The van der Waals surface area contributed by atoms with Crippen LogP contribution in [0.5, 0.6) is 0 Å². The molecule has 0 aliphatic carbocycles. The number of aryl methyl sites for hydroxylation is 1. The molecule has 0 bridgehead atoms. The first-order valence-corrected chi connectivity index (χ1v) is 7.72. The molecule has 1 atom stereocenters. The highest BCUT2D eigenvalue weighted by molar-refractivity contribution is 4.95. The van der Waals surface area contributed by atoms with Crippen molar-refractivity contribution in [1.82, 2.24) is 20.1 Å². The van der Waals surface area contributed by atoms with Gasteiger partial charge in [0, 0.05) is 19.5 Å². The van der Waals surface area contributed by atoms with Gasteiger partial charge in [-0.15, -0.1) is 0 Å². The highest BCUT2D eigenvalue weighted by Crippen LogP contribution is 2.32. The molecule has 1 aromatic heterocycles. The second-order valence-corrected chi connectivity index (χ2v) is 5.56. The van der Waals surface area contributed by atoms with Crippen molar-refractivity contribution in [3.8, 4) is 0 Å². The van der Waals surface area contributed by atoms with Gasteiger partial charge in [-0.05, 0) is 31.7 Å². The van der Waals surface area contributed by atoms with Gasteiger partial charge in [0.05, 0.1) is 0 Å². The Balaban J connectivity index is 2.82. The van der Waals surface area contributed by atoms with Gasteiger partial charge in [0.2, 0.25) is 0 Å². The van der Waals surface area contributed by atoms with E-state index in [0.717, 1.165) is 31.8 Å². The fourth-order valence-electron chi connectivity index (χ4n) is 2.75. The van der Waals surface area contributed by atoms with E-state index in [0.29, 0.717) is 5.41 Å². The van der Waals surface area contributed by atoms with Crippen molar-refractivity contribution in [3.63, 3.8) is 0 Å². The number of nitrogens with one attached hydrogen (secondary N) is 1. The molecule has 0 fully saturated rings. The maximum Gasteiger partial charge on any atom is 0.138 e. The smallest absolute Gasteiger partial charge is 0.138 e. The van der Waals surface area contributed by atoms with Crippen molar-refractivity contribution >= 4 is 0 Å². The molecule has 1 unspecified atom stereocenters. The summed E-state index contributed by atoms with van der Waals surface area (Å²) in [6.45, 7) is 8.78. The van der Waals surface area contributed by atoms with E-state index in [2.05, 4.69) is 40.9 Å². The molecule has 1 heterocycles. The third-order valence-corrected chi connectivity index (χ3v) is 4.03. The molecule has 4 heteroatoms. The Hall–Kier alpha value is -0.900. The lowest BCUT2D eigenvalue weighted by molar-refractivity contribution is 0.226. The molecule has 0 saturated carbocycles. The van der Waals surface area contributed by atoms with Crippen LogP contribution in [-0.4, -0.2) is 28.4 Å². The molecule has 1 aromatic rings. The van der Waals surface area contributed by atoms with Crippen LogP contribution in [0.25, 0.3) is 0 Å². The van der Waals surface area contributed by atoms with E-state index < -0.39 is 0 Å². The molecule has 4 nitrogen and oxygen atoms in total. The number of unbranched alkanes of at least 4 members (excludes halogenated alkanes) is 1. The standard InChI is InChI=1S/C15H30N4/c1-5-8-9-15(7-3,12-16-4)11-14-17-13-18-19(14)10-6-2/h13,16H,5-12H2,1-4H3. The number of nitrogens with zero attached hydrogens (tertiary/aromatic N) is 3. The predicted octanol–water partition coefficient (Wildman–Crippen LogP) is 3.04. The van der Waals surface area contributed by atoms with E-state index >= 15 is 0 Å². The molecule has 0 aliphatic rings. The zero-order valence-corrected chi connectivity index (χ0v) is 13.1. The lowest BCUT2D eigenvalue weighted by Crippen LogP contribution is -2.35. The number of hydrogen-bond donors (Lipinski definition) is 1. The van der Waals surface area contributed by atoms with Crippen LogP contribution in [0.2, 0.25) is 0 Å². The molecule has 0 aliphatic heterocycles. The van der Waals surface area contributed by atoms with Crippen LogP contribution < -0.4 is 5.32 Å². The van der Waals surface area contributed by atoms with Gasteiger partial charge in [-0.3, -0.25) is 4.68 Å². The summed E-state index contributed by atoms with van der Waals surface area (Å²) >= 11 is 0. The van der Waals surface area contributed by atoms with E-state index in [4.69, 9.17) is 0 Å². The van der Waals surface area contributed by atoms with Crippen molar-refractivity contribution in [2.75, 3.05) is 13.6 Å². The predicted molar refractivity (Wildman–Crippen MR) is 80.2 cm³/mol. The van der Waals surface area contributed by atoms with E-state index in [1.807, 2.05) is 7.05 Å². The van der Waals surface area contributed by atoms with Gasteiger partial charge >= 0.3 is 0 Å². The SMILES string of the molecule is CCCCC(CC)(CNC)Cc1ncnn1CCC. The zero-order valence-electron chi connectivity index (χ0n) is 13.1. The normalized spacial score (nSPS) is 14.5. The van der Waals surface area contributed by atoms with Crippen LogP contribution in [0.4, 0.5) is 0 Å². The van der Waals surface area contributed by atoms with Crippen LogP contribution in [0.1, 0.15) is 58.7 Å². The van der Waals surface area contributed by atoms with Gasteiger partial charge in [0.25, 0.3) is 0 Å². The molecular weight excluding hydrogens is 236 g/mol. The quantitative estimate of drug-likeness (QED) is 0.708. The van der Waals surface area contributed by atoms with E-state index in [9.17, 15) is 0 Å². The Morgan fingerprint density at radius 3 is 2.63 bits per heavy atom. The average Bonchev–Trinajstić information content (AvgIpc) is 2.84. The molecular formula is C15H30N4. The first-order valence-electron chi connectivity index (χ1n) is 7.72. The number of rotatable bonds is 10. The molecule has 0 radical (unpaired) electrons. The maximum absolute atomic E-state index is 4.48. The monoisotopic (exact) mass is 266 g/mol. The summed E-state index contributed by atoms with van der Waals surface area (Å²) in [6.07, 6.45) is 8.84. The fraction of sp³-hybridized carbons (Fsp3) is 0.867. The van der Waals surface area contributed by atoms with Gasteiger partial charge < -0.3 is 5.32 Å². The van der Waals surface area contributed by atoms with Crippen LogP contribution in [0.3, 0.4) is 0 Å². The van der Waals surface area contributed by atoms with Crippen molar-refractivity contribution < 1.29 is 0 Å². The van der Waals surface area contributed by atoms with Gasteiger partial charge in [-0.25, -0.2) is 4.98 Å². The molecule has 0 spiro atoms. The molecule has 1 rings (SSSR count). The molecule has 0 saturated heterocycles. The first-order chi connectivity index (χ1) is 9.21. The van der Waals surface area contributed by atoms with Crippen molar-refractivity contribution in [1.29, 1.82) is 0 Å². The summed E-state index contributed by atoms with van der Waals surface area (Å²) in [4.78, 5) is 4.48. The maximum atomic E-state index is 4.48. The van der Waals surface area contributed by atoms with E-state index in [-0.39, 0.29) is 0 Å². The lowest BCUT2D eigenvalue weighted by atomic mass is 9.77. The Kier molecular flexibility index (Phi) is 7.06. The second-order valence-electron chi connectivity index (χ2n) is 5.56. The first kappa shape index (κ1) is 16.2. The molecule has 0 amide bonds. The fourth-order valence-corrected chi connectivity index (χ4v) is 2.75. The van der Waals surface area contributed by atoms with Crippen LogP contribution >= 0.6 is 0 Å². The summed E-state index contributed by atoms with van der Waals surface area (Å²) in [5.41, 5.74) is 0.323. The summed E-state index contributed by atoms with van der Waals surface area (Å²) in [6, 6.07) is 0. The Bertz CT molecular complexity index is 348. The molecule has 19 heavy (non-hydrogen) atoms.